The first-order chi connectivity index (χ1) is 10.7. The third kappa shape index (κ3) is 4.58. The Hall–Kier alpha value is -1.85. The number of benzene rings is 1. The molecule has 22 heavy (non-hydrogen) atoms. The minimum atomic E-state index is -0.0544. The van der Waals surface area contributed by atoms with Crippen molar-refractivity contribution < 1.29 is 14.3 Å². The molecule has 1 aromatic carbocycles. The van der Waals surface area contributed by atoms with E-state index in [4.69, 9.17) is 9.47 Å². The molecule has 1 amide bonds. The van der Waals surface area contributed by atoms with Crippen LogP contribution < -0.4 is 10.1 Å². The first kappa shape index (κ1) is 16.5. The van der Waals surface area contributed by atoms with E-state index in [1.807, 2.05) is 12.1 Å². The monoisotopic (exact) mass is 304 g/mol. The van der Waals surface area contributed by atoms with E-state index >= 15 is 0 Å². The minimum absolute atomic E-state index is 0.0544. The van der Waals surface area contributed by atoms with Gasteiger partial charge in [-0.2, -0.15) is 0 Å². The minimum Gasteiger partial charge on any atom is -0.496 e. The second kappa shape index (κ2) is 8.56. The number of hydrogen-bond acceptors (Lipinski definition) is 4. The number of carbonyl (C=O) groups is 1. The SMILES string of the molecule is C=CCc1cc(C(=O)NCCN2CCOCC2)ccc1OC. The van der Waals surface area contributed by atoms with Gasteiger partial charge in [0.1, 0.15) is 5.75 Å². The van der Waals surface area contributed by atoms with Gasteiger partial charge in [0.05, 0.1) is 20.3 Å². The highest BCUT2D eigenvalue weighted by atomic mass is 16.5. The van der Waals surface area contributed by atoms with Gasteiger partial charge in [0.2, 0.25) is 0 Å². The summed E-state index contributed by atoms with van der Waals surface area (Å²) in [5.74, 6) is 0.728. The number of amides is 1. The molecule has 0 atom stereocenters. The Bertz CT molecular complexity index is 511. The lowest BCUT2D eigenvalue weighted by Gasteiger charge is -2.26. The smallest absolute Gasteiger partial charge is 0.251 e. The van der Waals surface area contributed by atoms with Crippen LogP contribution in [0.25, 0.3) is 0 Å². The summed E-state index contributed by atoms with van der Waals surface area (Å²) in [6.45, 7) is 8.64. The molecule has 120 valence electrons. The van der Waals surface area contributed by atoms with Crippen molar-refractivity contribution in [1.82, 2.24) is 10.2 Å². The standard InChI is InChI=1S/C17H24N2O3/c1-3-4-14-13-15(5-6-16(14)21-2)17(20)18-7-8-19-9-11-22-12-10-19/h3,5-6,13H,1,4,7-12H2,2H3,(H,18,20). The Balaban J connectivity index is 1.88. The number of hydrogen-bond donors (Lipinski definition) is 1. The van der Waals surface area contributed by atoms with Crippen LogP contribution >= 0.6 is 0 Å². The molecule has 0 spiro atoms. The Morgan fingerprint density at radius 2 is 2.23 bits per heavy atom. The highest BCUT2D eigenvalue weighted by Gasteiger charge is 2.12. The summed E-state index contributed by atoms with van der Waals surface area (Å²) in [6.07, 6.45) is 2.48. The number of rotatable bonds is 7. The van der Waals surface area contributed by atoms with Crippen LogP contribution in [0.4, 0.5) is 0 Å². The van der Waals surface area contributed by atoms with Gasteiger partial charge in [-0.25, -0.2) is 0 Å². The van der Waals surface area contributed by atoms with E-state index in [1.165, 1.54) is 0 Å². The van der Waals surface area contributed by atoms with Crippen molar-refractivity contribution in [3.8, 4) is 5.75 Å². The molecular weight excluding hydrogens is 280 g/mol. The first-order valence-electron chi connectivity index (χ1n) is 7.60. The number of allylic oxidation sites excluding steroid dienone is 1. The van der Waals surface area contributed by atoms with E-state index in [0.29, 0.717) is 18.5 Å². The molecule has 0 aliphatic carbocycles. The van der Waals surface area contributed by atoms with E-state index in [2.05, 4.69) is 16.8 Å². The summed E-state index contributed by atoms with van der Waals surface area (Å²) >= 11 is 0. The summed E-state index contributed by atoms with van der Waals surface area (Å²) in [5, 5.41) is 2.96. The largest absolute Gasteiger partial charge is 0.496 e. The molecule has 0 unspecified atom stereocenters. The van der Waals surface area contributed by atoms with E-state index in [-0.39, 0.29) is 5.91 Å². The fraction of sp³-hybridized carbons (Fsp3) is 0.471. The highest BCUT2D eigenvalue weighted by molar-refractivity contribution is 5.94. The lowest BCUT2D eigenvalue weighted by Crippen LogP contribution is -2.41. The predicted molar refractivity (Wildman–Crippen MR) is 86.5 cm³/mol. The molecule has 1 aliphatic heterocycles. The number of nitrogens with one attached hydrogen (secondary N) is 1. The van der Waals surface area contributed by atoms with Crippen LogP contribution in [0, 0.1) is 0 Å². The van der Waals surface area contributed by atoms with Crippen LogP contribution in [0.5, 0.6) is 5.75 Å². The van der Waals surface area contributed by atoms with Crippen LogP contribution in [0.1, 0.15) is 15.9 Å². The van der Waals surface area contributed by atoms with Crippen LogP contribution in [0.3, 0.4) is 0 Å². The second-order valence-electron chi connectivity index (χ2n) is 5.23. The maximum absolute atomic E-state index is 12.2. The van der Waals surface area contributed by atoms with Gasteiger partial charge in [-0.3, -0.25) is 9.69 Å². The number of nitrogens with zero attached hydrogens (tertiary/aromatic N) is 1. The highest BCUT2D eigenvalue weighted by Crippen LogP contribution is 2.20. The van der Waals surface area contributed by atoms with Crippen molar-refractivity contribution in [3.63, 3.8) is 0 Å². The van der Waals surface area contributed by atoms with E-state index in [0.717, 1.165) is 44.2 Å². The van der Waals surface area contributed by atoms with Gasteiger partial charge in [0, 0.05) is 31.7 Å². The molecule has 5 heteroatoms. The van der Waals surface area contributed by atoms with Crippen molar-refractivity contribution in [2.45, 2.75) is 6.42 Å². The second-order valence-corrected chi connectivity index (χ2v) is 5.23. The van der Waals surface area contributed by atoms with Gasteiger partial charge in [-0.05, 0) is 30.2 Å². The van der Waals surface area contributed by atoms with Crippen molar-refractivity contribution in [1.29, 1.82) is 0 Å². The molecule has 0 aromatic heterocycles. The zero-order valence-electron chi connectivity index (χ0n) is 13.1. The van der Waals surface area contributed by atoms with E-state index in [1.54, 1.807) is 19.3 Å². The van der Waals surface area contributed by atoms with Crippen LogP contribution in [-0.4, -0.2) is 57.3 Å². The summed E-state index contributed by atoms with van der Waals surface area (Å²) in [6, 6.07) is 5.48. The maximum Gasteiger partial charge on any atom is 0.251 e. The average Bonchev–Trinajstić information content (AvgIpc) is 2.56. The zero-order chi connectivity index (χ0) is 15.8. The molecular formula is C17H24N2O3. The number of morpholine rings is 1. The Kier molecular flexibility index (Phi) is 6.43. The van der Waals surface area contributed by atoms with Gasteiger partial charge in [-0.1, -0.05) is 6.08 Å². The van der Waals surface area contributed by atoms with Crippen molar-refractivity contribution in [2.75, 3.05) is 46.5 Å². The Morgan fingerprint density at radius 1 is 1.45 bits per heavy atom. The number of methoxy groups -OCH3 is 1. The van der Waals surface area contributed by atoms with Crippen molar-refractivity contribution >= 4 is 5.91 Å². The molecule has 0 bridgehead atoms. The van der Waals surface area contributed by atoms with Crippen LogP contribution in [-0.2, 0) is 11.2 Å². The van der Waals surface area contributed by atoms with Crippen LogP contribution in [0.2, 0.25) is 0 Å². The molecule has 0 radical (unpaired) electrons. The van der Waals surface area contributed by atoms with E-state index in [9.17, 15) is 4.79 Å². The molecule has 1 aromatic rings. The van der Waals surface area contributed by atoms with Gasteiger partial charge in [0.15, 0.2) is 0 Å². The van der Waals surface area contributed by atoms with Crippen molar-refractivity contribution in [3.05, 3.63) is 42.0 Å². The van der Waals surface area contributed by atoms with Crippen molar-refractivity contribution in [2.24, 2.45) is 0 Å². The predicted octanol–water partition coefficient (Wildman–Crippen LogP) is 1.49. The van der Waals surface area contributed by atoms with Gasteiger partial charge >= 0.3 is 0 Å². The van der Waals surface area contributed by atoms with Gasteiger partial charge in [0.25, 0.3) is 5.91 Å². The lowest BCUT2D eigenvalue weighted by molar-refractivity contribution is 0.0383. The Morgan fingerprint density at radius 3 is 2.91 bits per heavy atom. The molecule has 1 saturated heterocycles. The number of carbonyl (C=O) groups excluding carboxylic acids is 1. The van der Waals surface area contributed by atoms with Crippen LogP contribution in [0.15, 0.2) is 30.9 Å². The molecule has 5 nitrogen and oxygen atoms in total. The Labute approximate surface area is 131 Å². The van der Waals surface area contributed by atoms with E-state index < -0.39 is 0 Å². The molecule has 0 saturated carbocycles. The molecule has 1 aliphatic rings. The molecule has 1 N–H and O–H groups in total. The average molecular weight is 304 g/mol. The topological polar surface area (TPSA) is 50.8 Å². The fourth-order valence-electron chi connectivity index (χ4n) is 2.49. The normalized spacial score (nSPS) is 15.3. The first-order valence-corrected chi connectivity index (χ1v) is 7.60. The third-order valence-electron chi connectivity index (χ3n) is 3.72. The van der Waals surface area contributed by atoms with Gasteiger partial charge in [-0.15, -0.1) is 6.58 Å². The summed E-state index contributed by atoms with van der Waals surface area (Å²) in [5.41, 5.74) is 1.62. The van der Waals surface area contributed by atoms with Gasteiger partial charge < -0.3 is 14.8 Å². The molecule has 1 heterocycles. The summed E-state index contributed by atoms with van der Waals surface area (Å²) in [4.78, 5) is 14.5. The fourth-order valence-corrected chi connectivity index (χ4v) is 2.49. The molecule has 2 rings (SSSR count). The summed E-state index contributed by atoms with van der Waals surface area (Å²) in [7, 11) is 1.63. The third-order valence-corrected chi connectivity index (χ3v) is 3.72. The quantitative estimate of drug-likeness (QED) is 0.775. The number of ether oxygens (including phenoxy) is 2. The lowest BCUT2D eigenvalue weighted by atomic mass is 10.1. The summed E-state index contributed by atoms with van der Waals surface area (Å²) < 4.78 is 10.6. The molecule has 1 fully saturated rings. The zero-order valence-corrected chi connectivity index (χ0v) is 13.1. The maximum atomic E-state index is 12.2.